The molecule has 1 fully saturated rings. The molecule has 0 heterocycles. The van der Waals surface area contributed by atoms with Crippen LogP contribution in [0.1, 0.15) is 61.3 Å². The molecule has 1 saturated carbocycles. The van der Waals surface area contributed by atoms with E-state index in [1.807, 2.05) is 0 Å². The average Bonchev–Trinajstić information content (AvgIpc) is 2.60. The highest BCUT2D eigenvalue weighted by Crippen LogP contribution is 2.33. The van der Waals surface area contributed by atoms with Crippen molar-refractivity contribution in [3.63, 3.8) is 0 Å². The van der Waals surface area contributed by atoms with Gasteiger partial charge >= 0.3 is 0 Å². The molecule has 1 atom stereocenters. The Hall–Kier alpha value is -0.820. The van der Waals surface area contributed by atoms with Crippen molar-refractivity contribution in [2.24, 2.45) is 11.7 Å². The van der Waals surface area contributed by atoms with Crippen molar-refractivity contribution >= 4 is 0 Å². The van der Waals surface area contributed by atoms with Crippen molar-refractivity contribution in [1.29, 1.82) is 0 Å². The highest BCUT2D eigenvalue weighted by atomic mass is 14.7. The van der Waals surface area contributed by atoms with Crippen LogP contribution in [0.3, 0.4) is 0 Å². The fraction of sp³-hybridized carbons (Fsp3) is 0.625. The van der Waals surface area contributed by atoms with Crippen LogP contribution < -0.4 is 5.73 Å². The molecule has 0 aromatic heterocycles. The number of rotatable bonds is 2. The molecule has 1 unspecified atom stereocenters. The Labute approximate surface area is 105 Å². The van der Waals surface area contributed by atoms with Crippen LogP contribution in [0.15, 0.2) is 18.2 Å². The molecule has 94 valence electrons. The van der Waals surface area contributed by atoms with Crippen molar-refractivity contribution in [2.75, 3.05) is 0 Å². The molecule has 2 rings (SSSR count). The summed E-state index contributed by atoms with van der Waals surface area (Å²) in [6, 6.07) is 6.79. The number of hydrogen-bond donors (Lipinski definition) is 1. The van der Waals surface area contributed by atoms with Crippen molar-refractivity contribution in [3.8, 4) is 0 Å². The summed E-state index contributed by atoms with van der Waals surface area (Å²) in [5.74, 6) is 0.693. The van der Waals surface area contributed by atoms with E-state index in [2.05, 4.69) is 32.0 Å². The van der Waals surface area contributed by atoms with Gasteiger partial charge < -0.3 is 5.73 Å². The summed E-state index contributed by atoms with van der Waals surface area (Å²) in [6.07, 6.45) is 8.15. The Bertz CT molecular complexity index is 362. The summed E-state index contributed by atoms with van der Waals surface area (Å²) in [7, 11) is 0. The Morgan fingerprint density at radius 1 is 1.06 bits per heavy atom. The highest BCUT2D eigenvalue weighted by molar-refractivity contribution is 5.35. The molecule has 17 heavy (non-hydrogen) atoms. The monoisotopic (exact) mass is 231 g/mol. The molecule has 0 spiro atoms. The van der Waals surface area contributed by atoms with Crippen LogP contribution in [0.5, 0.6) is 0 Å². The molecule has 1 aromatic carbocycles. The molecule has 0 amide bonds. The molecule has 0 saturated heterocycles. The van der Waals surface area contributed by atoms with Crippen LogP contribution in [0.4, 0.5) is 0 Å². The average molecular weight is 231 g/mol. The van der Waals surface area contributed by atoms with Gasteiger partial charge in [-0.3, -0.25) is 0 Å². The number of nitrogens with two attached hydrogens (primary N) is 1. The maximum Gasteiger partial charge on any atom is 0.0326 e. The fourth-order valence-electron chi connectivity index (χ4n) is 3.06. The molecule has 0 aliphatic heterocycles. The standard InChI is InChI=1S/C16H25N/c1-12-8-7-11-15(13(12)2)16(17)14-9-5-3-4-6-10-14/h7-8,11,14,16H,3-6,9-10,17H2,1-2H3. The van der Waals surface area contributed by atoms with E-state index in [0.29, 0.717) is 5.92 Å². The van der Waals surface area contributed by atoms with E-state index in [1.165, 1.54) is 55.2 Å². The predicted molar refractivity (Wildman–Crippen MR) is 74.0 cm³/mol. The van der Waals surface area contributed by atoms with Crippen LogP contribution >= 0.6 is 0 Å². The van der Waals surface area contributed by atoms with Gasteiger partial charge in [0.15, 0.2) is 0 Å². The van der Waals surface area contributed by atoms with E-state index in [1.54, 1.807) is 0 Å². The van der Waals surface area contributed by atoms with E-state index in [4.69, 9.17) is 5.73 Å². The van der Waals surface area contributed by atoms with Gasteiger partial charge in [-0.25, -0.2) is 0 Å². The molecular weight excluding hydrogens is 206 g/mol. The topological polar surface area (TPSA) is 26.0 Å². The zero-order valence-corrected chi connectivity index (χ0v) is 11.2. The van der Waals surface area contributed by atoms with E-state index < -0.39 is 0 Å². The molecule has 1 aliphatic rings. The molecule has 0 radical (unpaired) electrons. The van der Waals surface area contributed by atoms with Crippen LogP contribution in [0, 0.1) is 19.8 Å². The van der Waals surface area contributed by atoms with Gasteiger partial charge in [0, 0.05) is 6.04 Å². The minimum absolute atomic E-state index is 0.244. The first-order valence-electron chi connectivity index (χ1n) is 7.02. The van der Waals surface area contributed by atoms with Crippen molar-refractivity contribution < 1.29 is 0 Å². The number of aryl methyl sites for hydroxylation is 1. The van der Waals surface area contributed by atoms with Crippen LogP contribution in [-0.4, -0.2) is 0 Å². The Morgan fingerprint density at radius 3 is 2.35 bits per heavy atom. The summed E-state index contributed by atoms with van der Waals surface area (Å²) in [6.45, 7) is 4.39. The SMILES string of the molecule is Cc1cccc(C(N)C2CCCCCC2)c1C. The summed E-state index contributed by atoms with van der Waals surface area (Å²) in [5.41, 5.74) is 10.6. The van der Waals surface area contributed by atoms with E-state index >= 15 is 0 Å². The maximum atomic E-state index is 6.51. The Balaban J connectivity index is 2.17. The van der Waals surface area contributed by atoms with Crippen molar-refractivity contribution in [2.45, 2.75) is 58.4 Å². The molecule has 1 aromatic rings. The summed E-state index contributed by atoms with van der Waals surface area (Å²) >= 11 is 0. The van der Waals surface area contributed by atoms with E-state index in [-0.39, 0.29) is 6.04 Å². The second kappa shape index (κ2) is 5.68. The highest BCUT2D eigenvalue weighted by Gasteiger charge is 2.22. The fourth-order valence-corrected chi connectivity index (χ4v) is 3.06. The lowest BCUT2D eigenvalue weighted by Crippen LogP contribution is -2.22. The second-order valence-corrected chi connectivity index (χ2v) is 5.57. The lowest BCUT2D eigenvalue weighted by atomic mass is 9.85. The molecule has 0 bridgehead atoms. The van der Waals surface area contributed by atoms with Crippen LogP contribution in [0.2, 0.25) is 0 Å². The third-order valence-corrected chi connectivity index (χ3v) is 4.41. The zero-order valence-electron chi connectivity index (χ0n) is 11.2. The minimum Gasteiger partial charge on any atom is -0.324 e. The lowest BCUT2D eigenvalue weighted by Gasteiger charge is -2.24. The number of hydrogen-bond acceptors (Lipinski definition) is 1. The smallest absolute Gasteiger partial charge is 0.0326 e. The molecule has 1 aliphatic carbocycles. The summed E-state index contributed by atoms with van der Waals surface area (Å²) in [5, 5.41) is 0. The van der Waals surface area contributed by atoms with E-state index in [9.17, 15) is 0 Å². The van der Waals surface area contributed by atoms with Gasteiger partial charge in [-0.2, -0.15) is 0 Å². The van der Waals surface area contributed by atoms with Crippen LogP contribution in [0.25, 0.3) is 0 Å². The van der Waals surface area contributed by atoms with Gasteiger partial charge in [0.2, 0.25) is 0 Å². The Kier molecular flexibility index (Phi) is 4.22. The van der Waals surface area contributed by atoms with Gasteiger partial charge in [-0.05, 0) is 49.3 Å². The lowest BCUT2D eigenvalue weighted by molar-refractivity contribution is 0.381. The Morgan fingerprint density at radius 2 is 1.71 bits per heavy atom. The van der Waals surface area contributed by atoms with Gasteiger partial charge in [-0.1, -0.05) is 43.9 Å². The largest absolute Gasteiger partial charge is 0.324 e. The molecular formula is C16H25N. The molecule has 1 nitrogen and oxygen atoms in total. The number of benzene rings is 1. The third kappa shape index (κ3) is 2.90. The van der Waals surface area contributed by atoms with Crippen LogP contribution in [-0.2, 0) is 0 Å². The quantitative estimate of drug-likeness (QED) is 0.756. The third-order valence-electron chi connectivity index (χ3n) is 4.41. The molecule has 2 N–H and O–H groups in total. The summed E-state index contributed by atoms with van der Waals surface area (Å²) in [4.78, 5) is 0. The minimum atomic E-state index is 0.244. The first-order valence-corrected chi connectivity index (χ1v) is 7.02. The van der Waals surface area contributed by atoms with Gasteiger partial charge in [0.1, 0.15) is 0 Å². The van der Waals surface area contributed by atoms with Gasteiger partial charge in [0.25, 0.3) is 0 Å². The second-order valence-electron chi connectivity index (χ2n) is 5.57. The first-order chi connectivity index (χ1) is 8.20. The maximum absolute atomic E-state index is 6.51. The normalized spacial score (nSPS) is 19.9. The van der Waals surface area contributed by atoms with Gasteiger partial charge in [0.05, 0.1) is 0 Å². The van der Waals surface area contributed by atoms with E-state index in [0.717, 1.165) is 0 Å². The molecule has 1 heteroatoms. The van der Waals surface area contributed by atoms with Crippen molar-refractivity contribution in [3.05, 3.63) is 34.9 Å². The summed E-state index contributed by atoms with van der Waals surface area (Å²) < 4.78 is 0. The first kappa shape index (κ1) is 12.6. The predicted octanol–water partition coefficient (Wildman–Crippen LogP) is 4.27. The van der Waals surface area contributed by atoms with Gasteiger partial charge in [-0.15, -0.1) is 0 Å². The van der Waals surface area contributed by atoms with Crippen molar-refractivity contribution in [1.82, 2.24) is 0 Å². The zero-order chi connectivity index (χ0) is 12.3.